The highest BCUT2D eigenvalue weighted by molar-refractivity contribution is 5.81. The predicted molar refractivity (Wildman–Crippen MR) is 60.7 cm³/mol. The van der Waals surface area contributed by atoms with Crippen molar-refractivity contribution in [3.63, 3.8) is 0 Å². The third-order valence-electron chi connectivity index (χ3n) is 2.97. The summed E-state index contributed by atoms with van der Waals surface area (Å²) in [4.78, 5) is 16.0. The first-order valence-corrected chi connectivity index (χ1v) is 5.74. The van der Waals surface area contributed by atoms with Crippen molar-refractivity contribution in [3.05, 3.63) is 18.2 Å². The second-order valence-electron chi connectivity index (χ2n) is 4.17. The van der Waals surface area contributed by atoms with Gasteiger partial charge in [-0.2, -0.15) is 0 Å². The van der Waals surface area contributed by atoms with Crippen LogP contribution in [0.1, 0.15) is 25.1 Å². The molecule has 0 spiro atoms. The van der Waals surface area contributed by atoms with Crippen LogP contribution < -0.4 is 10.6 Å². The number of hydrogen-bond acceptors (Lipinski definition) is 3. The van der Waals surface area contributed by atoms with Crippen molar-refractivity contribution in [2.45, 2.75) is 31.8 Å². The molecule has 1 saturated heterocycles. The lowest BCUT2D eigenvalue weighted by Crippen LogP contribution is -2.46. The molecule has 1 aliphatic heterocycles. The zero-order valence-electron chi connectivity index (χ0n) is 9.57. The average molecular weight is 222 g/mol. The number of amides is 1. The molecule has 88 valence electrons. The first kappa shape index (κ1) is 11.1. The Hall–Kier alpha value is -1.36. The fourth-order valence-corrected chi connectivity index (χ4v) is 1.93. The van der Waals surface area contributed by atoms with Gasteiger partial charge in [0.05, 0.1) is 12.6 Å². The third kappa shape index (κ3) is 2.61. The predicted octanol–water partition coefficient (Wildman–Crippen LogP) is 0.178. The summed E-state index contributed by atoms with van der Waals surface area (Å²) in [5.74, 6) is 0.965. The molecule has 2 rings (SSSR count). The minimum absolute atomic E-state index is 0.0194. The van der Waals surface area contributed by atoms with E-state index < -0.39 is 0 Å². The zero-order chi connectivity index (χ0) is 11.4. The molecule has 2 N–H and O–H groups in total. The van der Waals surface area contributed by atoms with Gasteiger partial charge in [-0.3, -0.25) is 4.79 Å². The van der Waals surface area contributed by atoms with Gasteiger partial charge in [0, 0.05) is 19.4 Å². The molecule has 1 atom stereocenters. The largest absolute Gasteiger partial charge is 0.348 e. The van der Waals surface area contributed by atoms with Crippen molar-refractivity contribution < 1.29 is 4.79 Å². The lowest BCUT2D eigenvalue weighted by Gasteiger charge is -2.22. The van der Waals surface area contributed by atoms with Crippen LogP contribution in [-0.2, 0) is 18.4 Å². The highest BCUT2D eigenvalue weighted by atomic mass is 16.2. The Bertz CT molecular complexity index is 355. The summed E-state index contributed by atoms with van der Waals surface area (Å²) in [6, 6.07) is -0.0194. The fourth-order valence-electron chi connectivity index (χ4n) is 1.93. The van der Waals surface area contributed by atoms with Crippen molar-refractivity contribution in [2.75, 3.05) is 6.54 Å². The number of nitrogens with one attached hydrogen (secondary N) is 2. The lowest BCUT2D eigenvalue weighted by molar-refractivity contribution is -0.123. The Morgan fingerprint density at radius 2 is 2.56 bits per heavy atom. The monoisotopic (exact) mass is 222 g/mol. The van der Waals surface area contributed by atoms with Gasteiger partial charge in [-0.05, 0) is 19.4 Å². The first-order valence-electron chi connectivity index (χ1n) is 5.74. The molecule has 5 heteroatoms. The van der Waals surface area contributed by atoms with Crippen LogP contribution >= 0.6 is 0 Å². The van der Waals surface area contributed by atoms with Crippen LogP contribution in [0.3, 0.4) is 0 Å². The lowest BCUT2D eigenvalue weighted by atomic mass is 10.0. The van der Waals surface area contributed by atoms with Crippen LogP contribution in [0, 0.1) is 0 Å². The molecule has 5 nitrogen and oxygen atoms in total. The Labute approximate surface area is 95.2 Å². The van der Waals surface area contributed by atoms with E-state index in [-0.39, 0.29) is 11.9 Å². The summed E-state index contributed by atoms with van der Waals surface area (Å²) in [6.45, 7) is 1.45. The summed E-state index contributed by atoms with van der Waals surface area (Å²) in [5, 5.41) is 6.14. The second-order valence-corrected chi connectivity index (χ2v) is 4.17. The van der Waals surface area contributed by atoms with Crippen molar-refractivity contribution in [2.24, 2.45) is 7.05 Å². The Morgan fingerprint density at radius 3 is 3.19 bits per heavy atom. The van der Waals surface area contributed by atoms with E-state index in [0.717, 1.165) is 25.2 Å². The number of nitrogens with zero attached hydrogens (tertiary/aromatic N) is 2. The number of carbonyl (C=O) groups is 1. The summed E-state index contributed by atoms with van der Waals surface area (Å²) in [5.41, 5.74) is 0. The minimum Gasteiger partial charge on any atom is -0.348 e. The van der Waals surface area contributed by atoms with Crippen LogP contribution in [0.2, 0.25) is 0 Å². The molecule has 1 aliphatic rings. The van der Waals surface area contributed by atoms with Crippen LogP contribution in [-0.4, -0.2) is 28.0 Å². The molecule has 0 saturated carbocycles. The van der Waals surface area contributed by atoms with E-state index in [1.165, 1.54) is 6.42 Å². The van der Waals surface area contributed by atoms with E-state index in [0.29, 0.717) is 6.54 Å². The van der Waals surface area contributed by atoms with E-state index in [1.807, 2.05) is 17.8 Å². The van der Waals surface area contributed by atoms with Gasteiger partial charge in [0.2, 0.25) is 5.91 Å². The number of aryl methyl sites for hydroxylation is 1. The summed E-state index contributed by atoms with van der Waals surface area (Å²) in [7, 11) is 1.92. The van der Waals surface area contributed by atoms with Gasteiger partial charge in [-0.15, -0.1) is 0 Å². The summed E-state index contributed by atoms with van der Waals surface area (Å²) >= 11 is 0. The highest BCUT2D eigenvalue weighted by Crippen LogP contribution is 2.06. The zero-order valence-corrected chi connectivity index (χ0v) is 9.57. The molecule has 2 heterocycles. The summed E-state index contributed by atoms with van der Waals surface area (Å²) in [6.07, 6.45) is 6.85. The van der Waals surface area contributed by atoms with Crippen LogP contribution in [0.4, 0.5) is 0 Å². The van der Waals surface area contributed by atoms with Gasteiger partial charge >= 0.3 is 0 Å². The number of aromatic nitrogens is 2. The SMILES string of the molecule is Cn1ccnc1CNC(=O)[C@H]1CCCCN1. The fraction of sp³-hybridized carbons (Fsp3) is 0.636. The number of rotatable bonds is 3. The van der Waals surface area contributed by atoms with Crippen LogP contribution in [0.25, 0.3) is 0 Å². The van der Waals surface area contributed by atoms with E-state index in [9.17, 15) is 4.79 Å². The maximum Gasteiger partial charge on any atom is 0.237 e. The van der Waals surface area contributed by atoms with Crippen LogP contribution in [0.15, 0.2) is 12.4 Å². The van der Waals surface area contributed by atoms with Gasteiger partial charge < -0.3 is 15.2 Å². The number of carbonyl (C=O) groups excluding carboxylic acids is 1. The smallest absolute Gasteiger partial charge is 0.237 e. The average Bonchev–Trinajstić information content (AvgIpc) is 2.73. The van der Waals surface area contributed by atoms with E-state index in [2.05, 4.69) is 15.6 Å². The van der Waals surface area contributed by atoms with Crippen LogP contribution in [0.5, 0.6) is 0 Å². The first-order chi connectivity index (χ1) is 7.77. The molecule has 1 amide bonds. The van der Waals surface area contributed by atoms with Crippen molar-refractivity contribution in [1.82, 2.24) is 20.2 Å². The van der Waals surface area contributed by atoms with Crippen molar-refractivity contribution in [1.29, 1.82) is 0 Å². The van der Waals surface area contributed by atoms with Crippen molar-refractivity contribution in [3.8, 4) is 0 Å². The molecular weight excluding hydrogens is 204 g/mol. The highest BCUT2D eigenvalue weighted by Gasteiger charge is 2.20. The topological polar surface area (TPSA) is 59.0 Å². The standard InChI is InChI=1S/C11H18N4O/c1-15-7-6-13-10(15)8-14-11(16)9-4-2-3-5-12-9/h6-7,9,12H,2-5,8H2,1H3,(H,14,16)/t9-/m1/s1. The second kappa shape index (κ2) is 5.12. The molecule has 1 fully saturated rings. The Balaban J connectivity index is 1.81. The van der Waals surface area contributed by atoms with Gasteiger partial charge in [0.15, 0.2) is 0 Å². The molecule has 0 bridgehead atoms. The molecule has 0 aromatic carbocycles. The number of piperidine rings is 1. The Morgan fingerprint density at radius 1 is 1.69 bits per heavy atom. The number of imidazole rings is 1. The molecule has 0 radical (unpaired) electrons. The van der Waals surface area contributed by atoms with Crippen molar-refractivity contribution >= 4 is 5.91 Å². The maximum absolute atomic E-state index is 11.8. The van der Waals surface area contributed by atoms with Gasteiger partial charge in [0.1, 0.15) is 5.82 Å². The summed E-state index contributed by atoms with van der Waals surface area (Å²) < 4.78 is 1.91. The molecular formula is C11H18N4O. The molecule has 0 unspecified atom stereocenters. The Kier molecular flexibility index (Phi) is 3.56. The van der Waals surface area contributed by atoms with Gasteiger partial charge in [0.25, 0.3) is 0 Å². The van der Waals surface area contributed by atoms with E-state index in [4.69, 9.17) is 0 Å². The number of hydrogen-bond donors (Lipinski definition) is 2. The quantitative estimate of drug-likeness (QED) is 0.767. The molecule has 1 aromatic heterocycles. The minimum atomic E-state index is -0.0194. The normalized spacial score (nSPS) is 20.7. The third-order valence-corrected chi connectivity index (χ3v) is 2.97. The maximum atomic E-state index is 11.8. The van der Waals surface area contributed by atoms with E-state index >= 15 is 0 Å². The molecule has 16 heavy (non-hydrogen) atoms. The molecule has 1 aromatic rings. The van der Waals surface area contributed by atoms with Gasteiger partial charge in [-0.1, -0.05) is 6.42 Å². The molecule has 0 aliphatic carbocycles. The van der Waals surface area contributed by atoms with E-state index in [1.54, 1.807) is 6.20 Å². The van der Waals surface area contributed by atoms with Gasteiger partial charge in [-0.25, -0.2) is 4.98 Å².